The summed E-state index contributed by atoms with van der Waals surface area (Å²) in [5.74, 6) is 1.21. The van der Waals surface area contributed by atoms with Gasteiger partial charge >= 0.3 is 0 Å². The van der Waals surface area contributed by atoms with Crippen molar-refractivity contribution >= 4 is 11.8 Å². The van der Waals surface area contributed by atoms with E-state index in [9.17, 15) is 0 Å². The van der Waals surface area contributed by atoms with E-state index in [1.165, 1.54) is 5.75 Å². The second kappa shape index (κ2) is 4.18. The van der Waals surface area contributed by atoms with Crippen LogP contribution < -0.4 is 5.73 Å². The molecule has 0 aromatic rings. The molecular formula is C7H17NS. The van der Waals surface area contributed by atoms with Crippen LogP contribution in [0.3, 0.4) is 0 Å². The molecule has 0 saturated carbocycles. The van der Waals surface area contributed by atoms with Crippen LogP contribution in [0.2, 0.25) is 0 Å². The third-order valence-electron chi connectivity index (χ3n) is 1.36. The van der Waals surface area contributed by atoms with Crippen LogP contribution in [0.1, 0.15) is 20.3 Å². The molecule has 0 aliphatic heterocycles. The van der Waals surface area contributed by atoms with E-state index in [0.717, 1.165) is 13.0 Å². The summed E-state index contributed by atoms with van der Waals surface area (Å²) >= 11 is 1.89. The van der Waals surface area contributed by atoms with Crippen LogP contribution in [0, 0.1) is 5.41 Å². The third kappa shape index (κ3) is 4.79. The second-order valence-electron chi connectivity index (χ2n) is 3.14. The highest BCUT2D eigenvalue weighted by molar-refractivity contribution is 7.98. The van der Waals surface area contributed by atoms with Crippen molar-refractivity contribution in [1.82, 2.24) is 0 Å². The summed E-state index contributed by atoms with van der Waals surface area (Å²) in [7, 11) is 0. The first-order valence-corrected chi connectivity index (χ1v) is 4.71. The molecule has 0 rings (SSSR count). The van der Waals surface area contributed by atoms with Gasteiger partial charge in [-0.3, -0.25) is 0 Å². The molecule has 0 amide bonds. The number of hydrogen-bond donors (Lipinski definition) is 1. The van der Waals surface area contributed by atoms with Gasteiger partial charge in [-0.05, 0) is 30.4 Å². The highest BCUT2D eigenvalue weighted by atomic mass is 32.2. The highest BCUT2D eigenvalue weighted by Gasteiger charge is 2.14. The lowest BCUT2D eigenvalue weighted by Crippen LogP contribution is -2.19. The van der Waals surface area contributed by atoms with Crippen LogP contribution in [0.4, 0.5) is 0 Å². The molecule has 2 heteroatoms. The minimum absolute atomic E-state index is 0.439. The van der Waals surface area contributed by atoms with Crippen molar-refractivity contribution in [3.8, 4) is 0 Å². The van der Waals surface area contributed by atoms with Gasteiger partial charge in [0.05, 0.1) is 0 Å². The van der Waals surface area contributed by atoms with Gasteiger partial charge in [-0.15, -0.1) is 0 Å². The Balaban J connectivity index is 3.43. The lowest BCUT2D eigenvalue weighted by atomic mass is 9.92. The fourth-order valence-corrected chi connectivity index (χ4v) is 1.78. The Labute approximate surface area is 62.4 Å². The molecule has 0 heterocycles. The van der Waals surface area contributed by atoms with Crippen LogP contribution >= 0.6 is 11.8 Å². The molecule has 0 aromatic carbocycles. The van der Waals surface area contributed by atoms with Gasteiger partial charge in [0.25, 0.3) is 0 Å². The Hall–Kier alpha value is 0.310. The van der Waals surface area contributed by atoms with E-state index in [0.29, 0.717) is 5.41 Å². The molecule has 0 fully saturated rings. The molecule has 0 unspecified atom stereocenters. The van der Waals surface area contributed by atoms with Gasteiger partial charge in [0.15, 0.2) is 0 Å². The molecule has 9 heavy (non-hydrogen) atoms. The maximum Gasteiger partial charge on any atom is -0.00184 e. The molecule has 0 atom stereocenters. The summed E-state index contributed by atoms with van der Waals surface area (Å²) in [6.45, 7) is 5.33. The zero-order valence-electron chi connectivity index (χ0n) is 6.61. The van der Waals surface area contributed by atoms with E-state index < -0.39 is 0 Å². The lowest BCUT2D eigenvalue weighted by Gasteiger charge is -2.21. The monoisotopic (exact) mass is 147 g/mol. The van der Waals surface area contributed by atoms with Gasteiger partial charge in [-0.1, -0.05) is 13.8 Å². The fraction of sp³-hybridized carbons (Fsp3) is 1.00. The molecule has 0 saturated heterocycles. The second-order valence-corrected chi connectivity index (χ2v) is 4.00. The molecule has 0 aliphatic carbocycles. The first-order chi connectivity index (χ1) is 4.12. The average molecular weight is 147 g/mol. The molecule has 0 bridgehead atoms. The number of thioether (sulfide) groups is 1. The van der Waals surface area contributed by atoms with Crippen molar-refractivity contribution in [2.75, 3.05) is 18.6 Å². The van der Waals surface area contributed by atoms with E-state index in [2.05, 4.69) is 20.1 Å². The van der Waals surface area contributed by atoms with Crippen molar-refractivity contribution in [2.45, 2.75) is 20.3 Å². The van der Waals surface area contributed by atoms with E-state index >= 15 is 0 Å². The molecule has 1 nitrogen and oxygen atoms in total. The topological polar surface area (TPSA) is 26.0 Å². The third-order valence-corrected chi connectivity index (χ3v) is 2.43. The molecule has 2 N–H and O–H groups in total. The maximum atomic E-state index is 5.44. The van der Waals surface area contributed by atoms with E-state index in [1.807, 2.05) is 11.8 Å². The van der Waals surface area contributed by atoms with Gasteiger partial charge < -0.3 is 5.73 Å². The Kier molecular flexibility index (Phi) is 4.32. The summed E-state index contributed by atoms with van der Waals surface area (Å²) in [5.41, 5.74) is 5.87. The standard InChI is InChI=1S/C7H17NS/c1-7(2,4-5-8)6-9-3/h4-6,8H2,1-3H3. The highest BCUT2D eigenvalue weighted by Crippen LogP contribution is 2.23. The van der Waals surface area contributed by atoms with Crippen LogP contribution in [0.5, 0.6) is 0 Å². The van der Waals surface area contributed by atoms with Crippen molar-refractivity contribution in [1.29, 1.82) is 0 Å². The zero-order chi connectivity index (χ0) is 7.33. The molecule has 0 aliphatic rings. The van der Waals surface area contributed by atoms with Crippen molar-refractivity contribution < 1.29 is 0 Å². The molecule has 56 valence electrons. The van der Waals surface area contributed by atoms with Gasteiger partial charge in [0.2, 0.25) is 0 Å². The Morgan fingerprint density at radius 1 is 1.44 bits per heavy atom. The number of rotatable bonds is 4. The first-order valence-electron chi connectivity index (χ1n) is 3.31. The quantitative estimate of drug-likeness (QED) is 0.655. The van der Waals surface area contributed by atoms with Gasteiger partial charge in [-0.25, -0.2) is 0 Å². The summed E-state index contributed by atoms with van der Waals surface area (Å²) in [4.78, 5) is 0. The van der Waals surface area contributed by atoms with Crippen LogP contribution in [-0.4, -0.2) is 18.6 Å². The number of nitrogens with two attached hydrogens (primary N) is 1. The SMILES string of the molecule is CSCC(C)(C)CCN. The molecular weight excluding hydrogens is 130 g/mol. The van der Waals surface area contributed by atoms with Crippen LogP contribution in [-0.2, 0) is 0 Å². The first kappa shape index (κ1) is 9.31. The predicted octanol–water partition coefficient (Wildman–Crippen LogP) is 1.72. The predicted molar refractivity (Wildman–Crippen MR) is 45.8 cm³/mol. The van der Waals surface area contributed by atoms with Crippen LogP contribution in [0.25, 0.3) is 0 Å². The molecule has 0 radical (unpaired) electrons. The Morgan fingerprint density at radius 2 is 2.00 bits per heavy atom. The zero-order valence-corrected chi connectivity index (χ0v) is 7.42. The normalized spacial score (nSPS) is 12.0. The van der Waals surface area contributed by atoms with E-state index in [4.69, 9.17) is 5.73 Å². The minimum Gasteiger partial charge on any atom is -0.330 e. The minimum atomic E-state index is 0.439. The fourth-order valence-electron chi connectivity index (χ4n) is 0.854. The summed E-state index contributed by atoms with van der Waals surface area (Å²) in [6.07, 6.45) is 3.27. The van der Waals surface area contributed by atoms with E-state index in [1.54, 1.807) is 0 Å². The smallest absolute Gasteiger partial charge is 0.00184 e. The Morgan fingerprint density at radius 3 is 2.33 bits per heavy atom. The summed E-state index contributed by atoms with van der Waals surface area (Å²) < 4.78 is 0. The van der Waals surface area contributed by atoms with Gasteiger partial charge in [0.1, 0.15) is 0 Å². The average Bonchev–Trinajstić information content (AvgIpc) is 1.64. The van der Waals surface area contributed by atoms with Crippen molar-refractivity contribution in [3.63, 3.8) is 0 Å². The largest absolute Gasteiger partial charge is 0.330 e. The van der Waals surface area contributed by atoms with Gasteiger partial charge in [-0.2, -0.15) is 11.8 Å². The van der Waals surface area contributed by atoms with Crippen molar-refractivity contribution in [2.24, 2.45) is 11.1 Å². The lowest BCUT2D eigenvalue weighted by molar-refractivity contribution is 0.394. The summed E-state index contributed by atoms with van der Waals surface area (Å²) in [6, 6.07) is 0. The summed E-state index contributed by atoms with van der Waals surface area (Å²) in [5, 5.41) is 0. The number of hydrogen-bond acceptors (Lipinski definition) is 2. The van der Waals surface area contributed by atoms with Crippen molar-refractivity contribution in [3.05, 3.63) is 0 Å². The maximum absolute atomic E-state index is 5.44. The van der Waals surface area contributed by atoms with Gasteiger partial charge in [0, 0.05) is 0 Å². The van der Waals surface area contributed by atoms with E-state index in [-0.39, 0.29) is 0 Å². The Bertz CT molecular complexity index is 63.3. The van der Waals surface area contributed by atoms with Crippen LogP contribution in [0.15, 0.2) is 0 Å². The molecule has 0 spiro atoms. The molecule has 0 aromatic heterocycles.